The average Bonchev–Trinajstić information content (AvgIpc) is 2.83. The van der Waals surface area contributed by atoms with Crippen LogP contribution >= 0.6 is 27.5 Å². The van der Waals surface area contributed by atoms with Crippen LogP contribution in [0.4, 0.5) is 0 Å². The summed E-state index contributed by atoms with van der Waals surface area (Å²) < 4.78 is 5.38. The van der Waals surface area contributed by atoms with Crippen LogP contribution < -0.4 is 0 Å². The van der Waals surface area contributed by atoms with Gasteiger partial charge < -0.3 is 4.74 Å². The maximum atomic E-state index is 12.5. The lowest BCUT2D eigenvalue weighted by molar-refractivity contribution is -0.139. The van der Waals surface area contributed by atoms with E-state index in [-0.39, 0.29) is 35.7 Å². The van der Waals surface area contributed by atoms with Gasteiger partial charge in [-0.15, -0.1) is 0 Å². The Balaban J connectivity index is 1.90. The number of allylic oxidation sites excluding steroid dienone is 3. The fourth-order valence-corrected chi connectivity index (χ4v) is 3.43. The lowest BCUT2D eigenvalue weighted by atomic mass is 9.94. The molecule has 0 saturated carbocycles. The van der Waals surface area contributed by atoms with E-state index in [1.165, 1.54) is 0 Å². The summed E-state index contributed by atoms with van der Waals surface area (Å²) in [6.07, 6.45) is 5.82. The van der Waals surface area contributed by atoms with Crippen molar-refractivity contribution in [1.29, 1.82) is 0 Å². The molecule has 1 unspecified atom stereocenters. The average molecular weight is 426 g/mol. The Morgan fingerprint density at radius 3 is 2.92 bits per heavy atom. The lowest BCUT2D eigenvalue weighted by Gasteiger charge is -2.15. The van der Waals surface area contributed by atoms with Gasteiger partial charge in [0.2, 0.25) is 5.91 Å². The van der Waals surface area contributed by atoms with Crippen molar-refractivity contribution in [2.45, 2.75) is 19.9 Å². The molecule has 1 saturated heterocycles. The number of fused-ring (bicyclic) bond motifs is 1. The number of esters is 1. The van der Waals surface area contributed by atoms with Gasteiger partial charge in [0.1, 0.15) is 0 Å². The number of likely N-dealkylation sites (tertiary alicyclic amines) is 1. The number of carbonyl (C=O) groups excluding carboxylic acids is 3. The molecule has 25 heavy (non-hydrogen) atoms. The van der Waals surface area contributed by atoms with Gasteiger partial charge in [-0.1, -0.05) is 29.8 Å². The molecule has 2 amide bonds. The van der Waals surface area contributed by atoms with Crippen molar-refractivity contribution >= 4 is 45.3 Å². The Morgan fingerprint density at radius 2 is 2.24 bits per heavy atom. The monoisotopic (exact) mass is 424 g/mol. The molecule has 130 valence electrons. The van der Waals surface area contributed by atoms with E-state index in [1.807, 2.05) is 6.08 Å². The maximum absolute atomic E-state index is 12.5. The van der Waals surface area contributed by atoms with Crippen molar-refractivity contribution in [3.05, 3.63) is 50.8 Å². The molecule has 0 bridgehead atoms. The molecule has 2 aliphatic rings. The first-order valence-electron chi connectivity index (χ1n) is 7.68. The Hall–Kier alpha value is -1.99. The molecule has 0 spiro atoms. The first-order chi connectivity index (χ1) is 11.9. The van der Waals surface area contributed by atoms with Gasteiger partial charge in [0.05, 0.1) is 29.8 Å². The standard InChI is InChI=1S/C17H14BrClN2O4/c1-2-25-17(24)14-13(19)12(18)7-9(20-14)8-21-15(22)10-5-3-4-6-11(10)16(21)23/h3-5,7,11H,2,6,8H2,1H3. The molecule has 0 N–H and O–H groups in total. The van der Waals surface area contributed by atoms with E-state index in [1.54, 1.807) is 25.1 Å². The van der Waals surface area contributed by atoms with E-state index in [4.69, 9.17) is 16.3 Å². The van der Waals surface area contributed by atoms with E-state index >= 15 is 0 Å². The highest BCUT2D eigenvalue weighted by Crippen LogP contribution is 2.33. The summed E-state index contributed by atoms with van der Waals surface area (Å²) in [4.78, 5) is 42.3. The molecule has 1 fully saturated rings. The largest absolute Gasteiger partial charge is 0.461 e. The number of hydrogen-bond donors (Lipinski definition) is 0. The quantitative estimate of drug-likeness (QED) is 0.547. The minimum atomic E-state index is -0.658. The van der Waals surface area contributed by atoms with Crippen LogP contribution in [0.5, 0.6) is 0 Å². The third-order valence-corrected chi connectivity index (χ3v) is 5.21. The van der Waals surface area contributed by atoms with E-state index in [9.17, 15) is 14.4 Å². The molecule has 1 aromatic heterocycles. The molecule has 1 atom stereocenters. The molecular weight excluding hydrogens is 412 g/mol. The summed E-state index contributed by atoms with van der Waals surface area (Å²) in [6.45, 7) is 1.83. The number of hydrogen-bond acceptors (Lipinski definition) is 5. The van der Waals surface area contributed by atoms with Gasteiger partial charge in [0.25, 0.3) is 5.91 Å². The summed E-state index contributed by atoms with van der Waals surface area (Å²) in [5, 5.41) is 0.127. The number of pyridine rings is 1. The zero-order chi connectivity index (χ0) is 18.1. The van der Waals surface area contributed by atoms with Crippen LogP contribution in [0.25, 0.3) is 0 Å². The van der Waals surface area contributed by atoms with Gasteiger partial charge in [0.15, 0.2) is 5.69 Å². The number of aromatic nitrogens is 1. The van der Waals surface area contributed by atoms with Gasteiger partial charge in [-0.25, -0.2) is 9.78 Å². The highest BCUT2D eigenvalue weighted by Gasteiger charge is 2.43. The molecule has 1 aliphatic carbocycles. The molecule has 2 heterocycles. The minimum absolute atomic E-state index is 0.0340. The van der Waals surface area contributed by atoms with E-state index < -0.39 is 11.9 Å². The number of nitrogens with zero attached hydrogens (tertiary/aromatic N) is 2. The van der Waals surface area contributed by atoms with Crippen LogP contribution in [0.3, 0.4) is 0 Å². The maximum Gasteiger partial charge on any atom is 0.358 e. The predicted molar refractivity (Wildman–Crippen MR) is 93.8 cm³/mol. The molecule has 1 aromatic rings. The van der Waals surface area contributed by atoms with Crippen LogP contribution in [0, 0.1) is 5.92 Å². The van der Waals surface area contributed by atoms with Gasteiger partial charge in [-0.05, 0) is 35.3 Å². The summed E-state index contributed by atoms with van der Waals surface area (Å²) in [7, 11) is 0. The Morgan fingerprint density at radius 1 is 1.48 bits per heavy atom. The van der Waals surface area contributed by atoms with E-state index in [2.05, 4.69) is 20.9 Å². The van der Waals surface area contributed by atoms with Crippen LogP contribution in [0.1, 0.15) is 29.5 Å². The lowest BCUT2D eigenvalue weighted by Crippen LogP contribution is -2.30. The SMILES string of the molecule is CCOC(=O)c1nc(CN2C(=O)C3=CC=CCC3C2=O)cc(Br)c1Cl. The van der Waals surface area contributed by atoms with E-state index in [0.717, 1.165) is 4.90 Å². The highest BCUT2D eigenvalue weighted by atomic mass is 79.9. The second-order valence-electron chi connectivity index (χ2n) is 5.55. The number of imide groups is 1. The minimum Gasteiger partial charge on any atom is -0.461 e. The third kappa shape index (κ3) is 3.26. The van der Waals surface area contributed by atoms with Crippen molar-refractivity contribution in [3.63, 3.8) is 0 Å². The zero-order valence-electron chi connectivity index (χ0n) is 13.3. The van der Waals surface area contributed by atoms with Gasteiger partial charge >= 0.3 is 5.97 Å². The topological polar surface area (TPSA) is 76.6 Å². The number of carbonyl (C=O) groups is 3. The Kier molecular flexibility index (Phi) is 5.06. The van der Waals surface area contributed by atoms with Crippen LogP contribution in [0.15, 0.2) is 34.3 Å². The summed E-state index contributed by atoms with van der Waals surface area (Å²) >= 11 is 9.36. The number of amides is 2. The van der Waals surface area contributed by atoms with Crippen LogP contribution in [-0.2, 0) is 20.9 Å². The molecule has 1 aliphatic heterocycles. The molecule has 6 nitrogen and oxygen atoms in total. The first kappa shape index (κ1) is 17.8. The van der Waals surface area contributed by atoms with Gasteiger partial charge in [-0.3, -0.25) is 14.5 Å². The predicted octanol–water partition coefficient (Wildman–Crippen LogP) is 3.05. The second kappa shape index (κ2) is 7.09. The third-order valence-electron chi connectivity index (χ3n) is 3.97. The molecule has 0 aromatic carbocycles. The second-order valence-corrected chi connectivity index (χ2v) is 6.78. The molecular formula is C17H14BrClN2O4. The van der Waals surface area contributed by atoms with Gasteiger partial charge in [0, 0.05) is 10.0 Å². The van der Waals surface area contributed by atoms with Crippen LogP contribution in [0.2, 0.25) is 5.02 Å². The number of ether oxygens (including phenoxy) is 1. The molecule has 0 radical (unpaired) electrons. The van der Waals surface area contributed by atoms with E-state index in [0.29, 0.717) is 22.2 Å². The fourth-order valence-electron chi connectivity index (χ4n) is 2.80. The van der Waals surface area contributed by atoms with Crippen molar-refractivity contribution in [2.24, 2.45) is 5.92 Å². The van der Waals surface area contributed by atoms with Crippen molar-refractivity contribution in [2.75, 3.05) is 6.61 Å². The van der Waals surface area contributed by atoms with Crippen molar-refractivity contribution in [1.82, 2.24) is 9.88 Å². The fraction of sp³-hybridized carbons (Fsp3) is 0.294. The summed E-state index contributed by atoms with van der Waals surface area (Å²) in [5.74, 6) is -1.68. The van der Waals surface area contributed by atoms with Crippen molar-refractivity contribution in [3.8, 4) is 0 Å². The molecule has 8 heteroatoms. The number of halogens is 2. The van der Waals surface area contributed by atoms with Crippen LogP contribution in [-0.4, -0.2) is 34.3 Å². The first-order valence-corrected chi connectivity index (χ1v) is 8.85. The zero-order valence-corrected chi connectivity index (χ0v) is 15.6. The highest BCUT2D eigenvalue weighted by molar-refractivity contribution is 9.10. The smallest absolute Gasteiger partial charge is 0.358 e. The number of rotatable bonds is 4. The van der Waals surface area contributed by atoms with Crippen molar-refractivity contribution < 1.29 is 19.1 Å². The summed E-state index contributed by atoms with van der Waals surface area (Å²) in [6, 6.07) is 1.58. The normalized spacial score (nSPS) is 19.1. The van der Waals surface area contributed by atoms with Gasteiger partial charge in [-0.2, -0.15) is 0 Å². The Labute approximate surface area is 157 Å². The Bertz CT molecular complexity index is 834. The molecule has 3 rings (SSSR count). The summed E-state index contributed by atoms with van der Waals surface area (Å²) in [5.41, 5.74) is 0.810.